The SMILES string of the molecule is COc1ccc(NC(=O)NCCc2cc(C)no2)cc1OC. The maximum atomic E-state index is 11.8. The number of amides is 2. The van der Waals surface area contributed by atoms with E-state index in [4.69, 9.17) is 14.0 Å². The van der Waals surface area contributed by atoms with Gasteiger partial charge in [-0.25, -0.2) is 4.79 Å². The van der Waals surface area contributed by atoms with E-state index < -0.39 is 0 Å². The van der Waals surface area contributed by atoms with Gasteiger partial charge in [0, 0.05) is 30.8 Å². The number of aromatic nitrogens is 1. The van der Waals surface area contributed by atoms with Crippen LogP contribution in [0.4, 0.5) is 10.5 Å². The van der Waals surface area contributed by atoms with Crippen LogP contribution in [-0.2, 0) is 6.42 Å². The lowest BCUT2D eigenvalue weighted by atomic mass is 10.2. The minimum Gasteiger partial charge on any atom is -0.493 e. The van der Waals surface area contributed by atoms with Gasteiger partial charge >= 0.3 is 6.03 Å². The van der Waals surface area contributed by atoms with E-state index in [0.717, 1.165) is 11.5 Å². The first-order valence-corrected chi connectivity index (χ1v) is 6.81. The van der Waals surface area contributed by atoms with Gasteiger partial charge in [0.25, 0.3) is 0 Å². The Morgan fingerprint density at radius 3 is 2.64 bits per heavy atom. The normalized spacial score (nSPS) is 10.1. The first kappa shape index (κ1) is 15.7. The van der Waals surface area contributed by atoms with Crippen molar-refractivity contribution in [1.29, 1.82) is 0 Å². The van der Waals surface area contributed by atoms with Gasteiger partial charge in [-0.3, -0.25) is 0 Å². The number of carbonyl (C=O) groups excluding carboxylic acids is 1. The Hall–Kier alpha value is -2.70. The highest BCUT2D eigenvalue weighted by molar-refractivity contribution is 5.89. The van der Waals surface area contributed by atoms with Gasteiger partial charge in [0.2, 0.25) is 0 Å². The Morgan fingerprint density at radius 2 is 2.00 bits per heavy atom. The third-order valence-electron chi connectivity index (χ3n) is 2.98. The number of hydrogen-bond acceptors (Lipinski definition) is 5. The van der Waals surface area contributed by atoms with Gasteiger partial charge in [-0.05, 0) is 19.1 Å². The standard InChI is InChI=1S/C15H19N3O4/c1-10-8-12(22-18-10)6-7-16-15(19)17-11-4-5-13(20-2)14(9-11)21-3/h4-5,8-9H,6-7H2,1-3H3,(H2,16,17,19). The average Bonchev–Trinajstić information content (AvgIpc) is 2.92. The summed E-state index contributed by atoms with van der Waals surface area (Å²) in [5.74, 6) is 1.90. The summed E-state index contributed by atoms with van der Waals surface area (Å²) in [4.78, 5) is 11.8. The number of anilines is 1. The van der Waals surface area contributed by atoms with Crippen molar-refractivity contribution in [1.82, 2.24) is 10.5 Å². The molecule has 1 aromatic carbocycles. The molecule has 0 saturated carbocycles. The van der Waals surface area contributed by atoms with E-state index in [1.807, 2.05) is 13.0 Å². The molecule has 0 radical (unpaired) electrons. The maximum absolute atomic E-state index is 11.8. The molecule has 7 nitrogen and oxygen atoms in total. The highest BCUT2D eigenvalue weighted by Gasteiger charge is 2.07. The van der Waals surface area contributed by atoms with E-state index in [1.54, 1.807) is 32.4 Å². The Balaban J connectivity index is 1.84. The van der Waals surface area contributed by atoms with Crippen LogP contribution in [0.25, 0.3) is 0 Å². The number of nitrogens with zero attached hydrogens (tertiary/aromatic N) is 1. The van der Waals surface area contributed by atoms with Crippen LogP contribution in [0.2, 0.25) is 0 Å². The lowest BCUT2D eigenvalue weighted by Crippen LogP contribution is -2.30. The molecule has 0 aliphatic heterocycles. The second kappa shape index (κ2) is 7.35. The summed E-state index contributed by atoms with van der Waals surface area (Å²) in [6, 6.07) is 6.70. The number of benzene rings is 1. The van der Waals surface area contributed by atoms with Crippen LogP contribution in [0, 0.1) is 6.92 Å². The van der Waals surface area contributed by atoms with Crippen LogP contribution < -0.4 is 20.1 Å². The van der Waals surface area contributed by atoms with Crippen molar-refractivity contribution in [3.8, 4) is 11.5 Å². The summed E-state index contributed by atoms with van der Waals surface area (Å²) in [7, 11) is 3.10. The summed E-state index contributed by atoms with van der Waals surface area (Å²) in [5.41, 5.74) is 1.44. The number of rotatable bonds is 6. The van der Waals surface area contributed by atoms with Crippen LogP contribution in [0.15, 0.2) is 28.8 Å². The van der Waals surface area contributed by atoms with Crippen LogP contribution in [0.5, 0.6) is 11.5 Å². The molecule has 0 bridgehead atoms. The minimum absolute atomic E-state index is 0.302. The van der Waals surface area contributed by atoms with Gasteiger partial charge in [0.1, 0.15) is 5.76 Å². The van der Waals surface area contributed by atoms with E-state index in [-0.39, 0.29) is 6.03 Å². The molecule has 2 aromatic rings. The Bertz CT molecular complexity index is 639. The molecule has 0 unspecified atom stereocenters. The van der Waals surface area contributed by atoms with Gasteiger partial charge in [0.05, 0.1) is 19.9 Å². The van der Waals surface area contributed by atoms with E-state index in [2.05, 4.69) is 15.8 Å². The summed E-state index contributed by atoms with van der Waals surface area (Å²) in [6.45, 7) is 2.30. The molecule has 0 fully saturated rings. The largest absolute Gasteiger partial charge is 0.493 e. The van der Waals surface area contributed by atoms with Crippen molar-refractivity contribution in [2.75, 3.05) is 26.1 Å². The monoisotopic (exact) mass is 305 g/mol. The van der Waals surface area contributed by atoms with Crippen molar-refractivity contribution in [2.45, 2.75) is 13.3 Å². The number of urea groups is 1. The summed E-state index contributed by atoms with van der Waals surface area (Å²) < 4.78 is 15.4. The van der Waals surface area contributed by atoms with Gasteiger partial charge in [0.15, 0.2) is 11.5 Å². The molecule has 1 aromatic heterocycles. The number of ether oxygens (including phenoxy) is 2. The van der Waals surface area contributed by atoms with Crippen molar-refractivity contribution in [3.63, 3.8) is 0 Å². The molecule has 2 rings (SSSR count). The predicted octanol–water partition coefficient (Wildman–Crippen LogP) is 2.36. The number of methoxy groups -OCH3 is 2. The molecule has 2 N–H and O–H groups in total. The molecule has 22 heavy (non-hydrogen) atoms. The number of aryl methyl sites for hydroxylation is 1. The van der Waals surface area contributed by atoms with Crippen LogP contribution in [0.1, 0.15) is 11.5 Å². The Kier molecular flexibility index (Phi) is 5.24. The molecule has 0 saturated heterocycles. The second-order valence-electron chi connectivity index (χ2n) is 4.64. The highest BCUT2D eigenvalue weighted by atomic mass is 16.5. The number of hydrogen-bond donors (Lipinski definition) is 2. The van der Waals surface area contributed by atoms with Crippen LogP contribution >= 0.6 is 0 Å². The summed E-state index contributed by atoms with van der Waals surface area (Å²) in [5, 5.41) is 9.26. The van der Waals surface area contributed by atoms with Gasteiger partial charge in [-0.2, -0.15) is 0 Å². The lowest BCUT2D eigenvalue weighted by molar-refractivity contribution is 0.252. The zero-order valence-corrected chi connectivity index (χ0v) is 12.8. The van der Waals surface area contributed by atoms with Crippen LogP contribution in [0.3, 0.4) is 0 Å². The molecular weight excluding hydrogens is 286 g/mol. The van der Waals surface area contributed by atoms with Crippen molar-refractivity contribution >= 4 is 11.7 Å². The second-order valence-corrected chi connectivity index (χ2v) is 4.64. The molecule has 0 spiro atoms. The zero-order chi connectivity index (χ0) is 15.9. The fourth-order valence-corrected chi connectivity index (χ4v) is 1.92. The van der Waals surface area contributed by atoms with Crippen molar-refractivity contribution < 1.29 is 18.8 Å². The van der Waals surface area contributed by atoms with Crippen LogP contribution in [-0.4, -0.2) is 32.0 Å². The highest BCUT2D eigenvalue weighted by Crippen LogP contribution is 2.29. The molecule has 0 atom stereocenters. The molecule has 118 valence electrons. The maximum Gasteiger partial charge on any atom is 0.319 e. The lowest BCUT2D eigenvalue weighted by Gasteiger charge is -2.11. The number of nitrogens with one attached hydrogen (secondary N) is 2. The van der Waals surface area contributed by atoms with Crippen molar-refractivity contribution in [3.05, 3.63) is 35.7 Å². The number of carbonyl (C=O) groups is 1. The van der Waals surface area contributed by atoms with Gasteiger partial charge < -0.3 is 24.6 Å². The summed E-state index contributed by atoms with van der Waals surface area (Å²) >= 11 is 0. The van der Waals surface area contributed by atoms with E-state index in [0.29, 0.717) is 30.2 Å². The molecule has 0 aliphatic carbocycles. The topological polar surface area (TPSA) is 85.6 Å². The summed E-state index contributed by atoms with van der Waals surface area (Å²) in [6.07, 6.45) is 0.584. The average molecular weight is 305 g/mol. The smallest absolute Gasteiger partial charge is 0.319 e. The van der Waals surface area contributed by atoms with Gasteiger partial charge in [-0.1, -0.05) is 5.16 Å². The predicted molar refractivity (Wildman–Crippen MR) is 81.5 cm³/mol. The van der Waals surface area contributed by atoms with E-state index in [9.17, 15) is 4.79 Å². The first-order chi connectivity index (χ1) is 10.6. The molecular formula is C15H19N3O4. The fourth-order valence-electron chi connectivity index (χ4n) is 1.92. The third-order valence-corrected chi connectivity index (χ3v) is 2.98. The minimum atomic E-state index is -0.302. The van der Waals surface area contributed by atoms with E-state index >= 15 is 0 Å². The fraction of sp³-hybridized carbons (Fsp3) is 0.333. The third kappa shape index (κ3) is 4.15. The van der Waals surface area contributed by atoms with Crippen molar-refractivity contribution in [2.24, 2.45) is 0 Å². The Labute approximate surface area is 128 Å². The van der Waals surface area contributed by atoms with E-state index in [1.165, 1.54) is 0 Å². The molecule has 2 amide bonds. The zero-order valence-electron chi connectivity index (χ0n) is 12.8. The molecule has 0 aliphatic rings. The molecule has 7 heteroatoms. The van der Waals surface area contributed by atoms with Gasteiger partial charge in [-0.15, -0.1) is 0 Å². The Morgan fingerprint density at radius 1 is 1.23 bits per heavy atom. The quantitative estimate of drug-likeness (QED) is 0.855. The first-order valence-electron chi connectivity index (χ1n) is 6.81. The molecule has 1 heterocycles.